The van der Waals surface area contributed by atoms with Crippen LogP contribution in [0.3, 0.4) is 0 Å². The maximum absolute atomic E-state index is 12.0. The number of anilines is 1. The Kier molecular flexibility index (Phi) is 9.10. The van der Waals surface area contributed by atoms with Gasteiger partial charge in [0.05, 0.1) is 5.69 Å². The standard InChI is InChI=1S/C15H21N3S.C5H4FNS/c16-10-6-2-1-3-7-12-8-4-5-9-13(12)14-11-19-15(17)18-14;6-4-2-1-3-5(8)7-4/h4-5,8-9,11H,1-3,6-7,10,16H2,(H2,17,18);1-3H,(H,7,8). The first-order valence-electron chi connectivity index (χ1n) is 8.94. The van der Waals surface area contributed by atoms with Gasteiger partial charge in [-0.3, -0.25) is 0 Å². The number of hydrogen-bond donors (Lipinski definition) is 3. The van der Waals surface area contributed by atoms with E-state index in [1.807, 2.05) is 5.38 Å². The molecule has 0 fully saturated rings. The number of aryl methyl sites for hydroxylation is 1. The van der Waals surface area contributed by atoms with Gasteiger partial charge in [0.25, 0.3) is 0 Å². The summed E-state index contributed by atoms with van der Waals surface area (Å²) in [5, 5.41) is 2.66. The molecule has 0 saturated carbocycles. The summed E-state index contributed by atoms with van der Waals surface area (Å²) >= 11 is 6.10. The molecule has 0 amide bonds. The van der Waals surface area contributed by atoms with Gasteiger partial charge in [0.15, 0.2) is 11.1 Å². The molecular weight excluding hydrogens is 379 g/mol. The highest BCUT2D eigenvalue weighted by atomic mass is 32.1. The molecule has 3 rings (SSSR count). The molecule has 0 saturated heterocycles. The molecule has 0 aliphatic carbocycles. The van der Waals surface area contributed by atoms with Crippen LogP contribution >= 0.6 is 23.6 Å². The molecule has 0 unspecified atom stereocenters. The lowest BCUT2D eigenvalue weighted by atomic mass is 9.99. The third-order valence-corrected chi connectivity index (χ3v) is 4.86. The highest BCUT2D eigenvalue weighted by Crippen LogP contribution is 2.27. The van der Waals surface area contributed by atoms with E-state index in [0.717, 1.165) is 25.1 Å². The lowest BCUT2D eigenvalue weighted by Gasteiger charge is -2.07. The zero-order chi connectivity index (χ0) is 19.5. The van der Waals surface area contributed by atoms with Gasteiger partial charge in [-0.15, -0.1) is 11.3 Å². The highest BCUT2D eigenvalue weighted by Gasteiger charge is 2.07. The number of aromatic amines is 1. The summed E-state index contributed by atoms with van der Waals surface area (Å²) in [7, 11) is 0. The topological polar surface area (TPSA) is 80.7 Å². The van der Waals surface area contributed by atoms with Crippen molar-refractivity contribution in [1.82, 2.24) is 9.97 Å². The fourth-order valence-electron chi connectivity index (χ4n) is 2.63. The van der Waals surface area contributed by atoms with Crippen molar-refractivity contribution in [3.8, 4) is 11.3 Å². The fourth-order valence-corrected chi connectivity index (χ4v) is 3.37. The number of pyridine rings is 1. The van der Waals surface area contributed by atoms with Crippen molar-refractivity contribution in [3.63, 3.8) is 0 Å². The van der Waals surface area contributed by atoms with Gasteiger partial charge in [-0.1, -0.05) is 55.4 Å². The van der Waals surface area contributed by atoms with Crippen molar-refractivity contribution in [2.24, 2.45) is 5.73 Å². The average Bonchev–Trinajstić information content (AvgIpc) is 3.08. The van der Waals surface area contributed by atoms with Crippen LogP contribution in [0.4, 0.5) is 9.52 Å². The minimum absolute atomic E-state index is 0.391. The molecule has 144 valence electrons. The van der Waals surface area contributed by atoms with Crippen molar-refractivity contribution in [1.29, 1.82) is 0 Å². The summed E-state index contributed by atoms with van der Waals surface area (Å²) in [4.78, 5) is 6.70. The Morgan fingerprint density at radius 1 is 1.04 bits per heavy atom. The van der Waals surface area contributed by atoms with Gasteiger partial charge >= 0.3 is 0 Å². The molecule has 0 spiro atoms. The molecular formula is C20H25FN4S2. The number of nitrogens with two attached hydrogens (primary N) is 2. The van der Waals surface area contributed by atoms with Crippen LogP contribution in [0.2, 0.25) is 0 Å². The SMILES string of the molecule is Fc1cccc(=S)[nH]1.NCCCCCCc1ccccc1-c1csc(N)n1. The molecule has 1 aromatic carbocycles. The number of halogens is 1. The number of nitrogens with zero attached hydrogens (tertiary/aromatic N) is 1. The van der Waals surface area contributed by atoms with E-state index >= 15 is 0 Å². The summed E-state index contributed by atoms with van der Waals surface area (Å²) in [6, 6.07) is 13.0. The number of benzene rings is 1. The Hall–Kier alpha value is -2.09. The molecule has 0 atom stereocenters. The molecule has 5 N–H and O–H groups in total. The highest BCUT2D eigenvalue weighted by molar-refractivity contribution is 7.71. The molecule has 0 radical (unpaired) electrons. The molecule has 3 aromatic rings. The second-order valence-electron chi connectivity index (χ2n) is 6.04. The van der Waals surface area contributed by atoms with E-state index in [1.165, 1.54) is 47.8 Å². The smallest absolute Gasteiger partial charge is 0.192 e. The predicted molar refractivity (Wildman–Crippen MR) is 115 cm³/mol. The summed E-state index contributed by atoms with van der Waals surface area (Å²) < 4.78 is 12.5. The predicted octanol–water partition coefficient (Wildman–Crippen LogP) is 5.34. The molecule has 0 aliphatic rings. The molecule has 2 heterocycles. The second kappa shape index (κ2) is 11.6. The van der Waals surface area contributed by atoms with E-state index < -0.39 is 5.95 Å². The zero-order valence-corrected chi connectivity index (χ0v) is 16.8. The Morgan fingerprint density at radius 2 is 1.81 bits per heavy atom. The molecule has 2 aromatic heterocycles. The maximum Gasteiger partial charge on any atom is 0.192 e. The summed E-state index contributed by atoms with van der Waals surface area (Å²) in [6.07, 6.45) is 5.89. The minimum atomic E-state index is -0.391. The Bertz CT molecular complexity index is 876. The second-order valence-corrected chi connectivity index (χ2v) is 7.37. The molecule has 7 heteroatoms. The Balaban J connectivity index is 0.000000273. The van der Waals surface area contributed by atoms with Gasteiger partial charge in [-0.2, -0.15) is 4.39 Å². The van der Waals surface area contributed by atoms with E-state index in [-0.39, 0.29) is 0 Å². The monoisotopic (exact) mass is 404 g/mol. The largest absolute Gasteiger partial charge is 0.375 e. The normalized spacial score (nSPS) is 10.3. The van der Waals surface area contributed by atoms with Crippen LogP contribution in [0, 0.1) is 10.6 Å². The first-order valence-corrected chi connectivity index (χ1v) is 10.2. The van der Waals surface area contributed by atoms with Crippen LogP contribution in [-0.4, -0.2) is 16.5 Å². The number of rotatable bonds is 7. The van der Waals surface area contributed by atoms with Crippen LogP contribution in [0.15, 0.2) is 47.8 Å². The molecule has 0 aliphatic heterocycles. The van der Waals surface area contributed by atoms with Crippen molar-refractivity contribution < 1.29 is 4.39 Å². The minimum Gasteiger partial charge on any atom is -0.375 e. The molecule has 4 nitrogen and oxygen atoms in total. The van der Waals surface area contributed by atoms with Gasteiger partial charge in [-0.05, 0) is 43.5 Å². The van der Waals surface area contributed by atoms with E-state index in [1.54, 1.807) is 12.1 Å². The molecule has 27 heavy (non-hydrogen) atoms. The number of unbranched alkanes of at least 4 members (excludes halogenated alkanes) is 3. The lowest BCUT2D eigenvalue weighted by Crippen LogP contribution is -1.98. The first kappa shape index (κ1) is 21.2. The average molecular weight is 405 g/mol. The van der Waals surface area contributed by atoms with Gasteiger partial charge in [0, 0.05) is 10.9 Å². The number of H-pyrrole nitrogens is 1. The Labute approximate surface area is 168 Å². The van der Waals surface area contributed by atoms with Crippen LogP contribution < -0.4 is 11.5 Å². The Morgan fingerprint density at radius 3 is 2.44 bits per heavy atom. The number of hydrogen-bond acceptors (Lipinski definition) is 5. The van der Waals surface area contributed by atoms with Gasteiger partial charge in [-0.25, -0.2) is 4.98 Å². The summed E-state index contributed by atoms with van der Waals surface area (Å²) in [6.45, 7) is 0.800. The summed E-state index contributed by atoms with van der Waals surface area (Å²) in [5.41, 5.74) is 14.8. The first-order chi connectivity index (χ1) is 13.1. The van der Waals surface area contributed by atoms with E-state index in [4.69, 9.17) is 11.5 Å². The third-order valence-electron chi connectivity index (χ3n) is 3.95. The van der Waals surface area contributed by atoms with Crippen molar-refractivity contribution >= 4 is 28.7 Å². The number of thiazole rings is 1. The lowest BCUT2D eigenvalue weighted by molar-refractivity contribution is 0.582. The van der Waals surface area contributed by atoms with Crippen LogP contribution in [-0.2, 0) is 6.42 Å². The van der Waals surface area contributed by atoms with Crippen molar-refractivity contribution in [3.05, 3.63) is 64.0 Å². The van der Waals surface area contributed by atoms with Gasteiger partial charge in [0.1, 0.15) is 4.64 Å². The third kappa shape index (κ3) is 7.58. The fraction of sp³-hybridized carbons (Fsp3) is 0.300. The number of aromatic nitrogens is 2. The van der Waals surface area contributed by atoms with Crippen molar-refractivity contribution in [2.45, 2.75) is 32.1 Å². The zero-order valence-electron chi connectivity index (χ0n) is 15.2. The maximum atomic E-state index is 12.0. The van der Waals surface area contributed by atoms with E-state index in [0.29, 0.717) is 9.77 Å². The van der Waals surface area contributed by atoms with Crippen LogP contribution in [0.25, 0.3) is 11.3 Å². The molecule has 0 bridgehead atoms. The van der Waals surface area contributed by atoms with Crippen LogP contribution in [0.1, 0.15) is 31.2 Å². The summed E-state index contributed by atoms with van der Waals surface area (Å²) in [5.74, 6) is -0.391. The van der Waals surface area contributed by atoms with Gasteiger partial charge < -0.3 is 16.5 Å². The van der Waals surface area contributed by atoms with E-state index in [9.17, 15) is 4.39 Å². The number of nitrogens with one attached hydrogen (secondary N) is 1. The number of nitrogen functional groups attached to an aromatic ring is 1. The van der Waals surface area contributed by atoms with E-state index in [2.05, 4.69) is 46.5 Å². The van der Waals surface area contributed by atoms with Crippen LogP contribution in [0.5, 0.6) is 0 Å². The van der Waals surface area contributed by atoms with Gasteiger partial charge in [0.2, 0.25) is 0 Å². The quantitative estimate of drug-likeness (QED) is 0.282. The van der Waals surface area contributed by atoms with Crippen molar-refractivity contribution in [2.75, 3.05) is 12.3 Å².